The number of nitrogens with one attached hydrogen (secondary N) is 1. The van der Waals surface area contributed by atoms with Crippen LogP contribution in [0.2, 0.25) is 0 Å². The summed E-state index contributed by atoms with van der Waals surface area (Å²) in [6, 6.07) is 8.62. The van der Waals surface area contributed by atoms with Gasteiger partial charge in [0, 0.05) is 18.1 Å². The van der Waals surface area contributed by atoms with Gasteiger partial charge in [-0.15, -0.1) is 0 Å². The molecule has 1 saturated heterocycles. The molecule has 0 amide bonds. The van der Waals surface area contributed by atoms with E-state index < -0.39 is 0 Å². The van der Waals surface area contributed by atoms with Crippen LogP contribution in [0.15, 0.2) is 30.5 Å². The number of fused-ring (bicyclic) bond motifs is 1. The molecule has 0 bridgehead atoms. The van der Waals surface area contributed by atoms with Gasteiger partial charge in [0.25, 0.3) is 0 Å². The Bertz CT molecular complexity index is 533. The quantitative estimate of drug-likeness (QED) is 0.856. The molecule has 1 aromatic heterocycles. The molecule has 1 N–H and O–H groups in total. The van der Waals surface area contributed by atoms with Crippen molar-refractivity contribution < 1.29 is 4.74 Å². The van der Waals surface area contributed by atoms with Gasteiger partial charge in [-0.2, -0.15) is 0 Å². The van der Waals surface area contributed by atoms with E-state index in [1.54, 1.807) is 13.3 Å². The van der Waals surface area contributed by atoms with Crippen molar-refractivity contribution in [3.05, 3.63) is 36.0 Å². The van der Waals surface area contributed by atoms with E-state index in [0.29, 0.717) is 5.92 Å². The summed E-state index contributed by atoms with van der Waals surface area (Å²) in [7, 11) is 1.67. The topological polar surface area (TPSA) is 34.1 Å². The van der Waals surface area contributed by atoms with Gasteiger partial charge in [0.2, 0.25) is 5.88 Å². The average molecular weight is 228 g/mol. The standard InChI is InChI=1S/C14H16N2O/c1-17-14-13-8-11(12-4-6-15-9-12)3-2-10(13)5-7-16-14/h2-3,5,7-8,12,15H,4,6,9H2,1H3. The van der Waals surface area contributed by atoms with Crippen LogP contribution in [0.1, 0.15) is 17.9 Å². The maximum Gasteiger partial charge on any atom is 0.221 e. The molecule has 0 aliphatic carbocycles. The Morgan fingerprint density at radius 1 is 1.35 bits per heavy atom. The minimum Gasteiger partial charge on any atom is -0.481 e. The smallest absolute Gasteiger partial charge is 0.221 e. The second-order valence-corrected chi connectivity index (χ2v) is 4.49. The Morgan fingerprint density at radius 3 is 3.06 bits per heavy atom. The average Bonchev–Trinajstić information content (AvgIpc) is 2.91. The van der Waals surface area contributed by atoms with Crippen LogP contribution in [0.25, 0.3) is 10.8 Å². The van der Waals surface area contributed by atoms with Crippen molar-refractivity contribution in [2.75, 3.05) is 20.2 Å². The Labute approximate surface area is 101 Å². The van der Waals surface area contributed by atoms with Crippen LogP contribution in [0.3, 0.4) is 0 Å². The first kappa shape index (κ1) is 10.5. The molecule has 0 saturated carbocycles. The van der Waals surface area contributed by atoms with E-state index in [1.165, 1.54) is 17.4 Å². The van der Waals surface area contributed by atoms with Gasteiger partial charge < -0.3 is 10.1 Å². The number of ether oxygens (including phenoxy) is 1. The summed E-state index contributed by atoms with van der Waals surface area (Å²) in [6.45, 7) is 2.20. The molecule has 0 spiro atoms. The van der Waals surface area contributed by atoms with Crippen LogP contribution in [0.4, 0.5) is 0 Å². The van der Waals surface area contributed by atoms with Crippen LogP contribution in [-0.4, -0.2) is 25.2 Å². The number of hydrogen-bond donors (Lipinski definition) is 1. The highest BCUT2D eigenvalue weighted by atomic mass is 16.5. The zero-order valence-corrected chi connectivity index (χ0v) is 9.94. The van der Waals surface area contributed by atoms with Crippen molar-refractivity contribution >= 4 is 10.8 Å². The fourth-order valence-electron chi connectivity index (χ4n) is 2.52. The van der Waals surface area contributed by atoms with E-state index in [9.17, 15) is 0 Å². The molecule has 1 aliphatic heterocycles. The van der Waals surface area contributed by atoms with Gasteiger partial charge in [-0.25, -0.2) is 4.98 Å². The van der Waals surface area contributed by atoms with Gasteiger partial charge in [-0.05, 0) is 42.0 Å². The minimum atomic E-state index is 0.629. The molecule has 1 aromatic carbocycles. The molecule has 2 aromatic rings. The van der Waals surface area contributed by atoms with Gasteiger partial charge in [0.1, 0.15) is 0 Å². The van der Waals surface area contributed by atoms with Crippen molar-refractivity contribution in [3.63, 3.8) is 0 Å². The number of rotatable bonds is 2. The van der Waals surface area contributed by atoms with E-state index in [-0.39, 0.29) is 0 Å². The molecule has 3 nitrogen and oxygen atoms in total. The maximum atomic E-state index is 5.32. The molecular weight excluding hydrogens is 212 g/mol. The molecule has 1 fully saturated rings. The summed E-state index contributed by atoms with van der Waals surface area (Å²) in [6.07, 6.45) is 3.01. The largest absolute Gasteiger partial charge is 0.481 e. The zero-order chi connectivity index (χ0) is 11.7. The SMILES string of the molecule is COc1nccc2ccc(C3CCNC3)cc12. The second-order valence-electron chi connectivity index (χ2n) is 4.49. The fraction of sp³-hybridized carbons (Fsp3) is 0.357. The van der Waals surface area contributed by atoms with Crippen molar-refractivity contribution in [2.45, 2.75) is 12.3 Å². The summed E-state index contributed by atoms with van der Waals surface area (Å²) in [5.41, 5.74) is 1.38. The number of aromatic nitrogens is 1. The maximum absolute atomic E-state index is 5.32. The summed E-state index contributed by atoms with van der Waals surface area (Å²) < 4.78 is 5.32. The summed E-state index contributed by atoms with van der Waals surface area (Å²) >= 11 is 0. The van der Waals surface area contributed by atoms with Gasteiger partial charge >= 0.3 is 0 Å². The molecule has 3 rings (SSSR count). The first-order valence-corrected chi connectivity index (χ1v) is 6.02. The highest BCUT2D eigenvalue weighted by Crippen LogP contribution is 2.29. The number of benzene rings is 1. The van der Waals surface area contributed by atoms with E-state index in [0.717, 1.165) is 24.4 Å². The lowest BCUT2D eigenvalue weighted by molar-refractivity contribution is 0.403. The second kappa shape index (κ2) is 4.34. The highest BCUT2D eigenvalue weighted by Gasteiger charge is 2.17. The normalized spacial score (nSPS) is 19.7. The van der Waals surface area contributed by atoms with Gasteiger partial charge in [0.15, 0.2) is 0 Å². The molecule has 1 atom stereocenters. The number of hydrogen-bond acceptors (Lipinski definition) is 3. The third-order valence-electron chi connectivity index (χ3n) is 3.48. The Morgan fingerprint density at radius 2 is 2.29 bits per heavy atom. The first-order chi connectivity index (χ1) is 8.38. The summed E-state index contributed by atoms with van der Waals surface area (Å²) in [5.74, 6) is 1.35. The van der Waals surface area contributed by atoms with Crippen LogP contribution in [-0.2, 0) is 0 Å². The third-order valence-corrected chi connectivity index (χ3v) is 3.48. The summed E-state index contributed by atoms with van der Waals surface area (Å²) in [5, 5.41) is 5.70. The van der Waals surface area contributed by atoms with Crippen LogP contribution in [0.5, 0.6) is 5.88 Å². The monoisotopic (exact) mass is 228 g/mol. The van der Waals surface area contributed by atoms with Crippen LogP contribution >= 0.6 is 0 Å². The van der Waals surface area contributed by atoms with Crippen molar-refractivity contribution in [3.8, 4) is 5.88 Å². The minimum absolute atomic E-state index is 0.629. The number of methoxy groups -OCH3 is 1. The van der Waals surface area contributed by atoms with Crippen molar-refractivity contribution in [1.29, 1.82) is 0 Å². The van der Waals surface area contributed by atoms with Crippen LogP contribution in [0, 0.1) is 0 Å². The van der Waals surface area contributed by atoms with Crippen molar-refractivity contribution in [2.24, 2.45) is 0 Å². The Hall–Kier alpha value is -1.61. The lowest BCUT2D eigenvalue weighted by Crippen LogP contribution is -2.07. The Balaban J connectivity index is 2.10. The summed E-state index contributed by atoms with van der Waals surface area (Å²) in [4.78, 5) is 4.26. The molecule has 1 unspecified atom stereocenters. The lowest BCUT2D eigenvalue weighted by Gasteiger charge is -2.11. The zero-order valence-electron chi connectivity index (χ0n) is 9.94. The van der Waals surface area contributed by atoms with E-state index in [2.05, 4.69) is 28.5 Å². The Kier molecular flexibility index (Phi) is 2.69. The predicted octanol–water partition coefficient (Wildman–Crippen LogP) is 2.32. The highest BCUT2D eigenvalue weighted by molar-refractivity contribution is 5.87. The van der Waals surface area contributed by atoms with E-state index in [4.69, 9.17) is 4.74 Å². The van der Waals surface area contributed by atoms with E-state index in [1.807, 2.05) is 6.07 Å². The van der Waals surface area contributed by atoms with Gasteiger partial charge in [-0.1, -0.05) is 12.1 Å². The first-order valence-electron chi connectivity index (χ1n) is 6.02. The number of pyridine rings is 1. The molecule has 2 heterocycles. The van der Waals surface area contributed by atoms with Gasteiger partial charge in [0.05, 0.1) is 7.11 Å². The lowest BCUT2D eigenvalue weighted by atomic mass is 9.96. The molecule has 3 heteroatoms. The van der Waals surface area contributed by atoms with Crippen LogP contribution < -0.4 is 10.1 Å². The van der Waals surface area contributed by atoms with E-state index >= 15 is 0 Å². The fourth-order valence-corrected chi connectivity index (χ4v) is 2.52. The molecular formula is C14H16N2O. The molecule has 88 valence electrons. The molecule has 1 aliphatic rings. The van der Waals surface area contributed by atoms with Gasteiger partial charge in [-0.3, -0.25) is 0 Å². The van der Waals surface area contributed by atoms with Crippen molar-refractivity contribution in [1.82, 2.24) is 10.3 Å². The molecule has 17 heavy (non-hydrogen) atoms. The molecule has 0 radical (unpaired) electrons. The predicted molar refractivity (Wildman–Crippen MR) is 68.5 cm³/mol. The number of nitrogens with zero attached hydrogens (tertiary/aromatic N) is 1. The third kappa shape index (κ3) is 1.87.